The van der Waals surface area contributed by atoms with Crippen LogP contribution in [0.5, 0.6) is 0 Å². The lowest BCUT2D eigenvalue weighted by Crippen LogP contribution is -2.57. The number of alkyl halides is 3. The van der Waals surface area contributed by atoms with Crippen molar-refractivity contribution < 1.29 is 18.3 Å². The highest BCUT2D eigenvalue weighted by molar-refractivity contribution is 5.41. The molecule has 0 aliphatic carbocycles. The molecule has 1 aromatic rings. The third kappa shape index (κ3) is 3.65. The van der Waals surface area contributed by atoms with Crippen LogP contribution in [0.3, 0.4) is 0 Å². The van der Waals surface area contributed by atoms with Crippen molar-refractivity contribution in [1.29, 1.82) is 0 Å². The third-order valence-corrected chi connectivity index (χ3v) is 3.81. The molecule has 0 unspecified atom stereocenters. The summed E-state index contributed by atoms with van der Waals surface area (Å²) >= 11 is 0. The van der Waals surface area contributed by atoms with Gasteiger partial charge in [0.05, 0.1) is 6.61 Å². The van der Waals surface area contributed by atoms with E-state index in [0.29, 0.717) is 25.5 Å². The molecular weight excluding hydrogens is 283 g/mol. The lowest BCUT2D eigenvalue weighted by molar-refractivity contribution is -0.141. The van der Waals surface area contributed by atoms with Crippen molar-refractivity contribution in [3.8, 4) is 0 Å². The number of β-amino-alcohol motifs (C(OH)–C–C–N with tert-alkyl or cyclic N) is 1. The van der Waals surface area contributed by atoms with E-state index in [1.165, 1.54) is 6.07 Å². The number of hydrogen-bond acceptors (Lipinski definition) is 4. The summed E-state index contributed by atoms with van der Waals surface area (Å²) < 4.78 is 38.2. The fourth-order valence-electron chi connectivity index (χ4n) is 2.86. The minimum Gasteiger partial charge on any atom is -0.395 e. The minimum absolute atomic E-state index is 0.0799. The second-order valence-electron chi connectivity index (χ2n) is 5.44. The molecule has 1 fully saturated rings. The molecule has 118 valence electrons. The van der Waals surface area contributed by atoms with Crippen molar-refractivity contribution in [3.05, 3.63) is 23.9 Å². The number of rotatable bonds is 3. The van der Waals surface area contributed by atoms with Crippen molar-refractivity contribution in [2.24, 2.45) is 0 Å². The maximum absolute atomic E-state index is 12.7. The maximum Gasteiger partial charge on any atom is 0.433 e. The summed E-state index contributed by atoms with van der Waals surface area (Å²) in [5.74, 6) is 0.354. The Morgan fingerprint density at radius 3 is 2.38 bits per heavy atom. The van der Waals surface area contributed by atoms with E-state index in [1.54, 1.807) is 6.07 Å². The average molecular weight is 303 g/mol. The molecule has 2 rings (SSSR count). The molecule has 0 bridgehead atoms. The van der Waals surface area contributed by atoms with Crippen molar-refractivity contribution in [2.45, 2.75) is 32.1 Å². The topological polar surface area (TPSA) is 39.6 Å². The molecule has 1 saturated heterocycles. The Labute approximate surface area is 122 Å². The van der Waals surface area contributed by atoms with Gasteiger partial charge in [-0.25, -0.2) is 4.98 Å². The van der Waals surface area contributed by atoms with Gasteiger partial charge in [-0.3, -0.25) is 4.90 Å². The highest BCUT2D eigenvalue weighted by Crippen LogP contribution is 2.29. The number of aromatic nitrogens is 1. The van der Waals surface area contributed by atoms with Gasteiger partial charge >= 0.3 is 6.18 Å². The second-order valence-corrected chi connectivity index (χ2v) is 5.44. The summed E-state index contributed by atoms with van der Waals surface area (Å²) in [6, 6.07) is 4.28. The highest BCUT2D eigenvalue weighted by atomic mass is 19.4. The number of aliphatic hydroxyl groups excluding tert-OH is 1. The van der Waals surface area contributed by atoms with Crippen molar-refractivity contribution in [3.63, 3.8) is 0 Å². The Balaban J connectivity index is 2.17. The first-order chi connectivity index (χ1) is 9.82. The summed E-state index contributed by atoms with van der Waals surface area (Å²) in [6.07, 6.45) is -4.42. The van der Waals surface area contributed by atoms with Crippen molar-refractivity contribution in [2.75, 3.05) is 31.1 Å². The van der Waals surface area contributed by atoms with Crippen LogP contribution in [-0.2, 0) is 6.18 Å². The maximum atomic E-state index is 12.7. The molecule has 2 heterocycles. The third-order valence-electron chi connectivity index (χ3n) is 3.81. The highest BCUT2D eigenvalue weighted by Gasteiger charge is 2.34. The van der Waals surface area contributed by atoms with Gasteiger partial charge in [-0.15, -0.1) is 0 Å². The van der Waals surface area contributed by atoms with Gasteiger partial charge in [0.25, 0.3) is 0 Å². The van der Waals surface area contributed by atoms with E-state index in [-0.39, 0.29) is 18.7 Å². The van der Waals surface area contributed by atoms with E-state index >= 15 is 0 Å². The molecule has 7 heteroatoms. The minimum atomic E-state index is -4.42. The van der Waals surface area contributed by atoms with Crippen LogP contribution in [-0.4, -0.2) is 53.3 Å². The van der Waals surface area contributed by atoms with Crippen LogP contribution in [0.25, 0.3) is 0 Å². The van der Waals surface area contributed by atoms with E-state index in [9.17, 15) is 13.2 Å². The smallest absolute Gasteiger partial charge is 0.395 e. The van der Waals surface area contributed by atoms with E-state index in [1.807, 2.05) is 18.7 Å². The molecule has 0 spiro atoms. The molecular formula is C14H20F3N3O. The fourth-order valence-corrected chi connectivity index (χ4v) is 2.86. The first kappa shape index (κ1) is 16.0. The monoisotopic (exact) mass is 303 g/mol. The van der Waals surface area contributed by atoms with Crippen LogP contribution in [0, 0.1) is 0 Å². The SMILES string of the molecule is C[C@@H]1CN(c2cccc(C(F)(F)F)n2)C[C@H](C)N1CCO. The molecule has 0 radical (unpaired) electrons. The van der Waals surface area contributed by atoms with Crippen molar-refractivity contribution in [1.82, 2.24) is 9.88 Å². The predicted octanol–water partition coefficient (Wildman–Crippen LogP) is 1.99. The second kappa shape index (κ2) is 6.19. The first-order valence-electron chi connectivity index (χ1n) is 6.98. The van der Waals surface area contributed by atoms with E-state index in [2.05, 4.69) is 9.88 Å². The van der Waals surface area contributed by atoms with Crippen LogP contribution < -0.4 is 4.90 Å². The molecule has 1 aliphatic heterocycles. The molecule has 21 heavy (non-hydrogen) atoms. The Hall–Kier alpha value is -1.34. The van der Waals surface area contributed by atoms with E-state index in [0.717, 1.165) is 6.07 Å². The van der Waals surface area contributed by atoms with Crippen LogP contribution in [0.1, 0.15) is 19.5 Å². The summed E-state index contributed by atoms with van der Waals surface area (Å²) in [6.45, 7) is 5.86. The van der Waals surface area contributed by atoms with Gasteiger partial charge in [0.1, 0.15) is 11.5 Å². The Kier molecular flexibility index (Phi) is 4.73. The average Bonchev–Trinajstić information content (AvgIpc) is 2.42. The summed E-state index contributed by atoms with van der Waals surface area (Å²) in [5, 5.41) is 9.07. The summed E-state index contributed by atoms with van der Waals surface area (Å²) in [7, 11) is 0. The number of piperazine rings is 1. The largest absolute Gasteiger partial charge is 0.433 e. The number of hydrogen-bond donors (Lipinski definition) is 1. The van der Waals surface area contributed by atoms with Crippen LogP contribution >= 0.6 is 0 Å². The quantitative estimate of drug-likeness (QED) is 0.927. The van der Waals surface area contributed by atoms with Crippen LogP contribution in [0.15, 0.2) is 18.2 Å². The van der Waals surface area contributed by atoms with Gasteiger partial charge in [0.2, 0.25) is 0 Å². The zero-order chi connectivity index (χ0) is 15.6. The molecule has 2 atom stereocenters. The number of pyridine rings is 1. The normalized spacial score (nSPS) is 24.4. The summed E-state index contributed by atoms with van der Waals surface area (Å²) in [4.78, 5) is 7.77. The summed E-state index contributed by atoms with van der Waals surface area (Å²) in [5.41, 5.74) is -0.863. The van der Waals surface area contributed by atoms with Gasteiger partial charge < -0.3 is 10.0 Å². The molecule has 0 saturated carbocycles. The zero-order valence-electron chi connectivity index (χ0n) is 12.1. The van der Waals surface area contributed by atoms with Crippen LogP contribution in [0.2, 0.25) is 0 Å². The van der Waals surface area contributed by atoms with Gasteiger partial charge in [0, 0.05) is 31.7 Å². The van der Waals surface area contributed by atoms with E-state index < -0.39 is 11.9 Å². The standard InChI is InChI=1S/C14H20F3N3O/c1-10-8-19(9-11(2)20(10)6-7-21)13-5-3-4-12(18-13)14(15,16)17/h3-5,10-11,21H,6-9H2,1-2H3/t10-,11+. The molecule has 0 amide bonds. The Bertz CT molecular complexity index is 469. The number of halogens is 3. The Morgan fingerprint density at radius 2 is 1.86 bits per heavy atom. The number of nitrogens with zero attached hydrogens (tertiary/aromatic N) is 3. The van der Waals surface area contributed by atoms with Crippen LogP contribution in [0.4, 0.5) is 19.0 Å². The Morgan fingerprint density at radius 1 is 1.24 bits per heavy atom. The van der Waals surface area contributed by atoms with Gasteiger partial charge in [-0.05, 0) is 26.0 Å². The molecule has 1 N–H and O–H groups in total. The van der Waals surface area contributed by atoms with Gasteiger partial charge in [-0.2, -0.15) is 13.2 Å². The number of anilines is 1. The lowest BCUT2D eigenvalue weighted by atomic mass is 10.1. The predicted molar refractivity (Wildman–Crippen MR) is 74.2 cm³/mol. The molecule has 4 nitrogen and oxygen atoms in total. The first-order valence-corrected chi connectivity index (χ1v) is 6.98. The van der Waals surface area contributed by atoms with E-state index in [4.69, 9.17) is 5.11 Å². The fraction of sp³-hybridized carbons (Fsp3) is 0.643. The number of aliphatic hydroxyl groups is 1. The van der Waals surface area contributed by atoms with Crippen molar-refractivity contribution >= 4 is 5.82 Å². The van der Waals surface area contributed by atoms with Gasteiger partial charge in [0.15, 0.2) is 0 Å². The lowest BCUT2D eigenvalue weighted by Gasteiger charge is -2.44. The van der Waals surface area contributed by atoms with Gasteiger partial charge in [-0.1, -0.05) is 6.07 Å². The molecule has 0 aromatic carbocycles. The molecule has 1 aromatic heterocycles. The zero-order valence-corrected chi connectivity index (χ0v) is 12.1. The molecule has 1 aliphatic rings.